The highest BCUT2D eigenvalue weighted by molar-refractivity contribution is 7.84. The van der Waals surface area contributed by atoms with Gasteiger partial charge in [0.25, 0.3) is 0 Å². The molecular formula is C17H17NO4S. The summed E-state index contributed by atoms with van der Waals surface area (Å²) in [6.45, 7) is 1.93. The second-order valence-corrected chi connectivity index (χ2v) is 6.61. The molecule has 2 N–H and O–H groups in total. The van der Waals surface area contributed by atoms with Crippen molar-refractivity contribution in [2.75, 3.05) is 11.1 Å². The minimum atomic E-state index is -1.36. The van der Waals surface area contributed by atoms with Crippen LogP contribution in [-0.2, 0) is 21.3 Å². The maximum absolute atomic E-state index is 12.0. The summed E-state index contributed by atoms with van der Waals surface area (Å²) in [6, 6.07) is 13.5. The quantitative estimate of drug-likeness (QED) is 0.852. The average molecular weight is 331 g/mol. The number of hydrogen-bond donors (Lipinski definition) is 2. The zero-order valence-corrected chi connectivity index (χ0v) is 13.4. The lowest BCUT2D eigenvalue weighted by atomic mass is 10.1. The minimum Gasteiger partial charge on any atom is -0.478 e. The summed E-state index contributed by atoms with van der Waals surface area (Å²) in [4.78, 5) is 22.7. The van der Waals surface area contributed by atoms with Gasteiger partial charge in [-0.1, -0.05) is 24.3 Å². The topological polar surface area (TPSA) is 83.5 Å². The summed E-state index contributed by atoms with van der Waals surface area (Å²) < 4.78 is 12.0. The summed E-state index contributed by atoms with van der Waals surface area (Å²) in [5.41, 5.74) is 2.62. The maximum Gasteiger partial charge on any atom is 0.335 e. The molecule has 0 heterocycles. The molecule has 0 fully saturated rings. The van der Waals surface area contributed by atoms with E-state index in [0.717, 1.165) is 11.1 Å². The molecule has 0 aliphatic rings. The van der Waals surface area contributed by atoms with Crippen LogP contribution >= 0.6 is 0 Å². The third-order valence-electron chi connectivity index (χ3n) is 3.12. The van der Waals surface area contributed by atoms with Gasteiger partial charge in [0, 0.05) is 22.2 Å². The number of hydrogen-bond acceptors (Lipinski definition) is 3. The van der Waals surface area contributed by atoms with Gasteiger partial charge in [0.15, 0.2) is 0 Å². The smallest absolute Gasteiger partial charge is 0.335 e. The van der Waals surface area contributed by atoms with Gasteiger partial charge < -0.3 is 10.4 Å². The molecule has 0 radical (unpaired) electrons. The lowest BCUT2D eigenvalue weighted by Gasteiger charge is -2.06. The van der Waals surface area contributed by atoms with Crippen LogP contribution in [0.4, 0.5) is 5.69 Å². The van der Waals surface area contributed by atoms with E-state index in [1.165, 1.54) is 12.1 Å². The number of nitrogens with one attached hydrogen (secondary N) is 1. The molecule has 1 atom stereocenters. The highest BCUT2D eigenvalue weighted by Gasteiger charge is 2.10. The molecule has 1 unspecified atom stereocenters. The fraction of sp³-hybridized carbons (Fsp3) is 0.176. The van der Waals surface area contributed by atoms with E-state index in [2.05, 4.69) is 5.32 Å². The molecule has 0 aromatic heterocycles. The van der Waals surface area contributed by atoms with Gasteiger partial charge in [0.1, 0.15) is 5.75 Å². The molecule has 2 aromatic rings. The van der Waals surface area contributed by atoms with Gasteiger partial charge in [-0.05, 0) is 42.3 Å². The predicted molar refractivity (Wildman–Crippen MR) is 89.9 cm³/mol. The molecule has 23 heavy (non-hydrogen) atoms. The van der Waals surface area contributed by atoms with Crippen LogP contribution in [0.1, 0.15) is 21.5 Å². The fourth-order valence-corrected chi connectivity index (χ4v) is 3.08. The van der Waals surface area contributed by atoms with Crippen molar-refractivity contribution < 1.29 is 18.9 Å². The predicted octanol–water partition coefficient (Wildman–Crippen LogP) is 2.58. The first kappa shape index (κ1) is 16.9. The Hall–Kier alpha value is -2.47. The molecule has 2 aromatic carbocycles. The van der Waals surface area contributed by atoms with E-state index in [0.29, 0.717) is 5.69 Å². The lowest BCUT2D eigenvalue weighted by molar-refractivity contribution is -0.113. The van der Waals surface area contributed by atoms with Crippen molar-refractivity contribution >= 4 is 28.4 Å². The number of carbonyl (C=O) groups excluding carboxylic acids is 1. The molecule has 0 saturated carbocycles. The highest BCUT2D eigenvalue weighted by atomic mass is 32.2. The number of aryl methyl sites for hydroxylation is 1. The molecule has 0 spiro atoms. The molecular weight excluding hydrogens is 314 g/mol. The first-order valence-electron chi connectivity index (χ1n) is 6.98. The van der Waals surface area contributed by atoms with E-state index in [9.17, 15) is 13.8 Å². The Morgan fingerprint density at radius 3 is 2.43 bits per heavy atom. The lowest BCUT2D eigenvalue weighted by Crippen LogP contribution is -2.20. The first-order valence-corrected chi connectivity index (χ1v) is 8.46. The van der Waals surface area contributed by atoms with Gasteiger partial charge in [-0.3, -0.25) is 9.00 Å². The maximum atomic E-state index is 12.0. The Kier molecular flexibility index (Phi) is 5.65. The van der Waals surface area contributed by atoms with E-state index in [-0.39, 0.29) is 23.0 Å². The zero-order chi connectivity index (χ0) is 16.8. The van der Waals surface area contributed by atoms with Crippen LogP contribution in [0.2, 0.25) is 0 Å². The number of carbonyl (C=O) groups is 2. The Labute approximate surface area is 136 Å². The molecule has 0 aliphatic carbocycles. The van der Waals surface area contributed by atoms with Gasteiger partial charge in [0.05, 0.1) is 5.56 Å². The second kappa shape index (κ2) is 7.69. The Morgan fingerprint density at radius 2 is 1.83 bits per heavy atom. The van der Waals surface area contributed by atoms with E-state index in [1.54, 1.807) is 18.2 Å². The van der Waals surface area contributed by atoms with E-state index >= 15 is 0 Å². The number of benzene rings is 2. The van der Waals surface area contributed by atoms with Crippen LogP contribution in [0, 0.1) is 6.92 Å². The van der Waals surface area contributed by atoms with Crippen molar-refractivity contribution in [3.8, 4) is 0 Å². The Bertz CT molecular complexity index is 741. The molecule has 0 bridgehead atoms. The van der Waals surface area contributed by atoms with Crippen molar-refractivity contribution in [3.63, 3.8) is 0 Å². The van der Waals surface area contributed by atoms with Crippen LogP contribution in [0.5, 0.6) is 0 Å². The molecule has 6 heteroatoms. The fourth-order valence-electron chi connectivity index (χ4n) is 2.05. The average Bonchev–Trinajstić information content (AvgIpc) is 2.47. The van der Waals surface area contributed by atoms with Crippen LogP contribution in [0.15, 0.2) is 48.5 Å². The second-order valence-electron chi connectivity index (χ2n) is 5.15. The van der Waals surface area contributed by atoms with Gasteiger partial charge in [-0.15, -0.1) is 0 Å². The summed E-state index contributed by atoms with van der Waals surface area (Å²) in [7, 11) is -1.36. The van der Waals surface area contributed by atoms with Crippen molar-refractivity contribution in [2.45, 2.75) is 12.7 Å². The van der Waals surface area contributed by atoms with Crippen molar-refractivity contribution in [3.05, 3.63) is 65.2 Å². The van der Waals surface area contributed by atoms with Gasteiger partial charge >= 0.3 is 5.97 Å². The third kappa shape index (κ3) is 5.34. The van der Waals surface area contributed by atoms with E-state index < -0.39 is 16.8 Å². The molecule has 2 rings (SSSR count). The monoisotopic (exact) mass is 331 g/mol. The van der Waals surface area contributed by atoms with Gasteiger partial charge in [-0.25, -0.2) is 4.79 Å². The van der Waals surface area contributed by atoms with Crippen LogP contribution < -0.4 is 5.32 Å². The third-order valence-corrected chi connectivity index (χ3v) is 4.36. The largest absolute Gasteiger partial charge is 0.478 e. The summed E-state index contributed by atoms with van der Waals surface area (Å²) in [6.07, 6.45) is 0. The summed E-state index contributed by atoms with van der Waals surface area (Å²) in [5.74, 6) is -1.21. The number of amides is 1. The van der Waals surface area contributed by atoms with Crippen molar-refractivity contribution in [2.24, 2.45) is 0 Å². The number of aromatic carboxylic acids is 1. The molecule has 0 aliphatic heterocycles. The van der Waals surface area contributed by atoms with E-state index in [1.807, 2.05) is 25.1 Å². The molecule has 5 nitrogen and oxygen atoms in total. The first-order chi connectivity index (χ1) is 10.9. The van der Waals surface area contributed by atoms with Crippen molar-refractivity contribution in [1.82, 2.24) is 0 Å². The summed E-state index contributed by atoms with van der Waals surface area (Å²) in [5, 5.41) is 11.5. The van der Waals surface area contributed by atoms with E-state index in [4.69, 9.17) is 5.11 Å². The Morgan fingerprint density at radius 1 is 1.13 bits per heavy atom. The molecule has 120 valence electrons. The number of carboxylic acid groups (broad SMARTS) is 1. The summed E-state index contributed by atoms with van der Waals surface area (Å²) >= 11 is 0. The van der Waals surface area contributed by atoms with Gasteiger partial charge in [0.2, 0.25) is 5.91 Å². The number of carboxylic acids is 1. The van der Waals surface area contributed by atoms with Crippen LogP contribution in [-0.4, -0.2) is 26.9 Å². The normalized spacial score (nSPS) is 11.7. The molecule has 0 saturated heterocycles. The highest BCUT2D eigenvalue weighted by Crippen LogP contribution is 2.10. The minimum absolute atomic E-state index is 0.103. The SMILES string of the molecule is Cc1cccc(NC(=O)CS(=O)Cc2ccc(C(=O)O)cc2)c1. The van der Waals surface area contributed by atoms with Crippen LogP contribution in [0.3, 0.4) is 0 Å². The zero-order valence-electron chi connectivity index (χ0n) is 12.6. The number of anilines is 1. The van der Waals surface area contributed by atoms with Crippen molar-refractivity contribution in [1.29, 1.82) is 0 Å². The van der Waals surface area contributed by atoms with Crippen LogP contribution in [0.25, 0.3) is 0 Å². The Balaban J connectivity index is 1.88. The van der Waals surface area contributed by atoms with Gasteiger partial charge in [-0.2, -0.15) is 0 Å². The number of rotatable bonds is 6. The molecule has 1 amide bonds. The standard InChI is InChI=1S/C17H17NO4S/c1-12-3-2-4-15(9-12)18-16(19)11-23(22)10-13-5-7-14(8-6-13)17(20)21/h2-9H,10-11H2,1H3,(H,18,19)(H,20,21).